The molecule has 4 amide bonds. The van der Waals surface area contributed by atoms with Crippen LogP contribution in [-0.2, 0) is 0 Å². The molecule has 0 aliphatic carbocycles. The maximum absolute atomic E-state index is 10.7. The molecule has 2 N–H and O–H groups in total. The minimum atomic E-state index is -0.455. The van der Waals surface area contributed by atoms with Gasteiger partial charge in [0.05, 0.1) is 0 Å². The van der Waals surface area contributed by atoms with Crippen molar-refractivity contribution in [3.63, 3.8) is 0 Å². The first-order chi connectivity index (χ1) is 4.61. The Kier molecular flexibility index (Phi) is 1.46. The number of nitrogens with zero attached hydrogens (tertiary/aromatic N) is 2. The van der Waals surface area contributed by atoms with Crippen molar-refractivity contribution in [1.82, 2.24) is 20.9 Å². The van der Waals surface area contributed by atoms with E-state index in [0.717, 1.165) is 0 Å². The zero-order valence-electron chi connectivity index (χ0n) is 5.71. The number of amides is 4. The van der Waals surface area contributed by atoms with Gasteiger partial charge in [-0.25, -0.2) is 19.6 Å². The van der Waals surface area contributed by atoms with E-state index in [1.54, 1.807) is 0 Å². The van der Waals surface area contributed by atoms with Crippen LogP contribution < -0.4 is 10.9 Å². The van der Waals surface area contributed by atoms with E-state index in [9.17, 15) is 9.59 Å². The maximum atomic E-state index is 10.7. The summed E-state index contributed by atoms with van der Waals surface area (Å²) >= 11 is 0. The van der Waals surface area contributed by atoms with Crippen molar-refractivity contribution in [1.29, 1.82) is 0 Å². The normalized spacial score (nSPS) is 19.4. The van der Waals surface area contributed by atoms with Gasteiger partial charge in [-0.05, 0) is 0 Å². The Hall–Kier alpha value is -1.30. The lowest BCUT2D eigenvalue weighted by Crippen LogP contribution is -2.63. The van der Waals surface area contributed by atoms with Gasteiger partial charge in [-0.2, -0.15) is 0 Å². The topological polar surface area (TPSA) is 64.7 Å². The molecule has 1 aliphatic heterocycles. The van der Waals surface area contributed by atoms with Gasteiger partial charge in [-0.3, -0.25) is 5.32 Å². The van der Waals surface area contributed by atoms with Gasteiger partial charge in [0.25, 0.3) is 0 Å². The molecule has 0 bridgehead atoms. The molecule has 0 saturated carbocycles. The van der Waals surface area contributed by atoms with E-state index in [0.29, 0.717) is 0 Å². The van der Waals surface area contributed by atoms with E-state index < -0.39 is 12.1 Å². The van der Waals surface area contributed by atoms with Crippen molar-refractivity contribution in [3.8, 4) is 0 Å². The van der Waals surface area contributed by atoms with Crippen molar-refractivity contribution in [2.24, 2.45) is 0 Å². The van der Waals surface area contributed by atoms with E-state index in [4.69, 9.17) is 0 Å². The fraction of sp³-hybridized carbons (Fsp3) is 0.500. The summed E-state index contributed by atoms with van der Waals surface area (Å²) in [6, 6.07) is -0.911. The number of rotatable bonds is 0. The fourth-order valence-electron chi connectivity index (χ4n) is 0.575. The number of hydrazine groups is 2. The Morgan fingerprint density at radius 2 is 1.50 bits per heavy atom. The summed E-state index contributed by atoms with van der Waals surface area (Å²) in [5.74, 6) is 0. The first kappa shape index (κ1) is 6.81. The summed E-state index contributed by atoms with van der Waals surface area (Å²) in [4.78, 5) is 21.3. The number of hydrogen-bond donors (Lipinski definition) is 2. The van der Waals surface area contributed by atoms with Gasteiger partial charge in [0.2, 0.25) is 0 Å². The Bertz CT molecular complexity index is 162. The van der Waals surface area contributed by atoms with Crippen molar-refractivity contribution < 1.29 is 9.59 Å². The van der Waals surface area contributed by atoms with Gasteiger partial charge in [-0.15, -0.1) is 5.53 Å². The lowest BCUT2D eigenvalue weighted by atomic mass is 10.8. The van der Waals surface area contributed by atoms with Gasteiger partial charge >= 0.3 is 12.1 Å². The van der Waals surface area contributed by atoms with Crippen LogP contribution in [-0.4, -0.2) is 36.2 Å². The number of urea groups is 2. The summed E-state index contributed by atoms with van der Waals surface area (Å²) in [7, 11) is 3.02. The van der Waals surface area contributed by atoms with Crippen molar-refractivity contribution in [2.75, 3.05) is 14.1 Å². The van der Waals surface area contributed by atoms with E-state index >= 15 is 0 Å². The molecule has 56 valence electrons. The van der Waals surface area contributed by atoms with Crippen LogP contribution in [0.25, 0.3) is 0 Å². The predicted molar refractivity (Wildman–Crippen MR) is 32.6 cm³/mol. The van der Waals surface area contributed by atoms with Crippen LogP contribution in [0.1, 0.15) is 0 Å². The van der Waals surface area contributed by atoms with E-state index in [-0.39, 0.29) is 0 Å². The number of nitrogens with one attached hydrogen (secondary N) is 2. The third kappa shape index (κ3) is 1.01. The van der Waals surface area contributed by atoms with Gasteiger partial charge in [-0.1, -0.05) is 0 Å². The monoisotopic (exact) mass is 144 g/mol. The molecular weight excluding hydrogens is 136 g/mol. The summed E-state index contributed by atoms with van der Waals surface area (Å²) < 4.78 is 0. The number of imide groups is 1. The van der Waals surface area contributed by atoms with Gasteiger partial charge in [0.15, 0.2) is 0 Å². The van der Waals surface area contributed by atoms with Crippen molar-refractivity contribution >= 4 is 12.1 Å². The molecule has 0 aromatic carbocycles. The van der Waals surface area contributed by atoms with Crippen LogP contribution in [0.2, 0.25) is 0 Å². The zero-order valence-corrected chi connectivity index (χ0v) is 5.71. The largest absolute Gasteiger partial charge is 0.341 e. The molecule has 0 aromatic rings. The first-order valence-corrected chi connectivity index (χ1v) is 2.70. The molecule has 0 aromatic heterocycles. The number of carbonyl (C=O) groups excluding carboxylic acids is 2. The van der Waals surface area contributed by atoms with Gasteiger partial charge in [0, 0.05) is 14.1 Å². The molecule has 1 heterocycles. The van der Waals surface area contributed by atoms with Crippen LogP contribution in [0, 0.1) is 0 Å². The molecule has 1 fully saturated rings. The van der Waals surface area contributed by atoms with Crippen LogP contribution in [0.3, 0.4) is 0 Å². The smallest absolute Gasteiger partial charge is 0.257 e. The second-order valence-corrected chi connectivity index (χ2v) is 1.95. The third-order valence-electron chi connectivity index (χ3n) is 1.12. The van der Waals surface area contributed by atoms with Crippen LogP contribution >= 0.6 is 0 Å². The highest BCUT2D eigenvalue weighted by molar-refractivity contribution is 5.94. The molecule has 0 atom stereocenters. The summed E-state index contributed by atoms with van der Waals surface area (Å²) in [5.41, 5.74) is 2.48. The molecule has 0 spiro atoms. The SMILES string of the molecule is CN1NN(C)C(=O)NC1=O. The average Bonchev–Trinajstić information content (AvgIpc) is 1.84. The minimum Gasteiger partial charge on any atom is -0.257 e. The molecule has 1 aliphatic rings. The molecule has 6 heteroatoms. The highest BCUT2D eigenvalue weighted by atomic mass is 16.2. The van der Waals surface area contributed by atoms with Crippen molar-refractivity contribution in [2.45, 2.75) is 0 Å². The van der Waals surface area contributed by atoms with Crippen LogP contribution in [0.5, 0.6) is 0 Å². The second kappa shape index (κ2) is 2.14. The summed E-state index contributed by atoms with van der Waals surface area (Å²) in [5, 5.41) is 4.43. The lowest BCUT2D eigenvalue weighted by Gasteiger charge is -2.30. The van der Waals surface area contributed by atoms with Gasteiger partial charge < -0.3 is 0 Å². The Balaban J connectivity index is 2.63. The lowest BCUT2D eigenvalue weighted by molar-refractivity contribution is 0.0828. The molecule has 1 saturated heterocycles. The maximum Gasteiger partial charge on any atom is 0.341 e. The quantitative estimate of drug-likeness (QED) is 0.463. The highest BCUT2D eigenvalue weighted by Gasteiger charge is 2.22. The molecule has 0 unspecified atom stereocenters. The van der Waals surface area contributed by atoms with Crippen LogP contribution in [0.4, 0.5) is 9.59 Å². The predicted octanol–water partition coefficient (Wildman–Crippen LogP) is -0.887. The Morgan fingerprint density at radius 3 is 1.80 bits per heavy atom. The Labute approximate surface area is 57.7 Å². The average molecular weight is 144 g/mol. The van der Waals surface area contributed by atoms with Gasteiger partial charge in [0.1, 0.15) is 0 Å². The second-order valence-electron chi connectivity index (χ2n) is 1.95. The first-order valence-electron chi connectivity index (χ1n) is 2.70. The fourth-order valence-corrected chi connectivity index (χ4v) is 0.575. The molecule has 10 heavy (non-hydrogen) atoms. The summed E-state index contributed by atoms with van der Waals surface area (Å²) in [6.45, 7) is 0. The molecule has 6 nitrogen and oxygen atoms in total. The molecule has 1 rings (SSSR count). The standard InChI is InChI=1S/C4H8N4O2/c1-7-3(9)5-4(10)8(2)6-7/h6H,1-2H3,(H,5,9,10). The van der Waals surface area contributed by atoms with E-state index in [1.807, 2.05) is 0 Å². The summed E-state index contributed by atoms with van der Waals surface area (Å²) in [6.07, 6.45) is 0. The zero-order chi connectivity index (χ0) is 7.72. The van der Waals surface area contributed by atoms with Crippen molar-refractivity contribution in [3.05, 3.63) is 0 Å². The third-order valence-corrected chi connectivity index (χ3v) is 1.12. The number of carbonyl (C=O) groups is 2. The highest BCUT2D eigenvalue weighted by Crippen LogP contribution is 1.89. The molecular formula is C4H8N4O2. The van der Waals surface area contributed by atoms with Crippen LogP contribution in [0.15, 0.2) is 0 Å². The van der Waals surface area contributed by atoms with E-state index in [1.165, 1.54) is 24.1 Å². The van der Waals surface area contributed by atoms with E-state index in [2.05, 4.69) is 10.9 Å². The molecule has 0 radical (unpaired) electrons. The number of hydrogen-bond acceptors (Lipinski definition) is 3. The Morgan fingerprint density at radius 1 is 1.10 bits per heavy atom. The minimum absolute atomic E-state index is 0.455.